The number of benzene rings is 1. The summed E-state index contributed by atoms with van der Waals surface area (Å²) < 4.78 is 17.5. The molecule has 2 rings (SSSR count). The predicted molar refractivity (Wildman–Crippen MR) is 132 cm³/mol. The Balaban J connectivity index is 2.28. The normalized spacial score (nSPS) is 10.6. The lowest BCUT2D eigenvalue weighted by Crippen LogP contribution is -2.43. The lowest BCUT2D eigenvalue weighted by atomic mass is 10.2. The van der Waals surface area contributed by atoms with Crippen molar-refractivity contribution < 1.29 is 23.8 Å². The van der Waals surface area contributed by atoms with Gasteiger partial charge in [-0.2, -0.15) is 0 Å². The second kappa shape index (κ2) is 13.2. The molecule has 0 radical (unpaired) electrons. The highest BCUT2D eigenvalue weighted by Crippen LogP contribution is 2.29. The van der Waals surface area contributed by atoms with Crippen molar-refractivity contribution in [1.82, 2.24) is 9.55 Å². The molecule has 1 heterocycles. The molecular weight excluding hydrogens is 456 g/mol. The fraction of sp³-hybridized carbons (Fsp3) is 0.500. The van der Waals surface area contributed by atoms with Crippen LogP contribution in [0.15, 0.2) is 27.8 Å². The van der Waals surface area contributed by atoms with Crippen LogP contribution in [0.5, 0.6) is 11.5 Å². The molecule has 0 unspecified atom stereocenters. The molecule has 0 saturated carbocycles. The van der Waals surface area contributed by atoms with E-state index < -0.39 is 29.7 Å². The maximum atomic E-state index is 13.1. The number of carbonyl (C=O) groups is 2. The molecule has 0 atom stereocenters. The molecule has 0 aliphatic carbocycles. The Kier molecular flexibility index (Phi) is 10.4. The molecule has 1 aromatic carbocycles. The number of nitrogens with two attached hydrogens (primary N) is 1. The number of aromatic amines is 1. The zero-order valence-corrected chi connectivity index (χ0v) is 20.7. The third-order valence-corrected chi connectivity index (χ3v) is 5.07. The maximum absolute atomic E-state index is 13.1. The minimum absolute atomic E-state index is 0.107. The van der Waals surface area contributed by atoms with Crippen LogP contribution in [0, 0.1) is 0 Å². The van der Waals surface area contributed by atoms with E-state index in [1.54, 1.807) is 13.0 Å². The van der Waals surface area contributed by atoms with Crippen LogP contribution in [-0.4, -0.2) is 47.8 Å². The first-order valence-electron chi connectivity index (χ1n) is 11.8. The standard InChI is InChI=1S/C24H34N4O7/c1-5-9-13-27(20-21(25)28(12-6-2)24(32)26-22(20)30)19(29)15-35-23(31)16-10-11-17(33-7-3)18(14-16)34-8-4/h10-11,14H,5-9,12-13,15,25H2,1-4H3,(H,26,30,32). The van der Waals surface area contributed by atoms with Gasteiger partial charge >= 0.3 is 11.7 Å². The second-order valence-electron chi connectivity index (χ2n) is 7.65. The molecule has 192 valence electrons. The van der Waals surface area contributed by atoms with Gasteiger partial charge in [-0.05, 0) is 44.9 Å². The Morgan fingerprint density at radius 3 is 2.34 bits per heavy atom. The van der Waals surface area contributed by atoms with E-state index in [4.69, 9.17) is 19.9 Å². The van der Waals surface area contributed by atoms with Crippen LogP contribution in [0.4, 0.5) is 11.5 Å². The number of hydrogen-bond acceptors (Lipinski definition) is 8. The van der Waals surface area contributed by atoms with Crippen LogP contribution in [0.1, 0.15) is 57.3 Å². The largest absolute Gasteiger partial charge is 0.490 e. The zero-order valence-electron chi connectivity index (χ0n) is 20.7. The zero-order chi connectivity index (χ0) is 26.0. The van der Waals surface area contributed by atoms with E-state index in [1.807, 2.05) is 20.8 Å². The van der Waals surface area contributed by atoms with Gasteiger partial charge in [0.15, 0.2) is 23.8 Å². The van der Waals surface area contributed by atoms with Gasteiger partial charge in [0.25, 0.3) is 11.5 Å². The summed E-state index contributed by atoms with van der Waals surface area (Å²) in [7, 11) is 0. The van der Waals surface area contributed by atoms with Crippen LogP contribution < -0.4 is 31.4 Å². The van der Waals surface area contributed by atoms with Crippen molar-refractivity contribution in [2.75, 3.05) is 37.0 Å². The molecule has 0 bridgehead atoms. The first kappa shape index (κ1) is 27.5. The van der Waals surface area contributed by atoms with Gasteiger partial charge < -0.3 is 24.8 Å². The molecule has 0 saturated heterocycles. The monoisotopic (exact) mass is 490 g/mol. The fourth-order valence-electron chi connectivity index (χ4n) is 3.43. The molecule has 11 heteroatoms. The van der Waals surface area contributed by atoms with Gasteiger partial charge in [-0.3, -0.25) is 19.1 Å². The van der Waals surface area contributed by atoms with E-state index in [0.29, 0.717) is 37.6 Å². The third kappa shape index (κ3) is 6.87. The highest BCUT2D eigenvalue weighted by atomic mass is 16.5. The fourth-order valence-corrected chi connectivity index (χ4v) is 3.43. The SMILES string of the molecule is CCCCN(C(=O)COC(=O)c1ccc(OCC)c(OCC)c1)c1c(N)n(CCC)c(=O)[nH]c1=O. The number of nitrogens with one attached hydrogen (secondary N) is 1. The molecular formula is C24H34N4O7. The van der Waals surface area contributed by atoms with Crippen molar-refractivity contribution in [2.24, 2.45) is 0 Å². The lowest BCUT2D eigenvalue weighted by molar-refractivity contribution is -0.121. The lowest BCUT2D eigenvalue weighted by Gasteiger charge is -2.24. The molecule has 3 N–H and O–H groups in total. The second-order valence-corrected chi connectivity index (χ2v) is 7.65. The molecule has 35 heavy (non-hydrogen) atoms. The Labute approximate surface area is 203 Å². The van der Waals surface area contributed by atoms with Gasteiger partial charge in [-0.15, -0.1) is 0 Å². The number of H-pyrrole nitrogens is 1. The molecule has 2 aromatic rings. The van der Waals surface area contributed by atoms with Crippen LogP contribution in [0.2, 0.25) is 0 Å². The summed E-state index contributed by atoms with van der Waals surface area (Å²) >= 11 is 0. The first-order chi connectivity index (χ1) is 16.8. The van der Waals surface area contributed by atoms with Crippen molar-refractivity contribution in [1.29, 1.82) is 0 Å². The van der Waals surface area contributed by atoms with E-state index in [1.165, 1.54) is 21.6 Å². The number of unbranched alkanes of at least 4 members (excludes halogenated alkanes) is 1. The molecule has 0 aliphatic heterocycles. The summed E-state index contributed by atoms with van der Waals surface area (Å²) in [6.45, 7) is 8.05. The van der Waals surface area contributed by atoms with E-state index in [0.717, 1.165) is 6.42 Å². The molecule has 1 aromatic heterocycles. The smallest absolute Gasteiger partial charge is 0.338 e. The first-order valence-corrected chi connectivity index (χ1v) is 11.8. The van der Waals surface area contributed by atoms with Gasteiger partial charge in [0, 0.05) is 13.1 Å². The third-order valence-electron chi connectivity index (χ3n) is 5.07. The van der Waals surface area contributed by atoms with Crippen LogP contribution >= 0.6 is 0 Å². The van der Waals surface area contributed by atoms with E-state index >= 15 is 0 Å². The minimum atomic E-state index is -0.775. The summed E-state index contributed by atoms with van der Waals surface area (Å²) in [6, 6.07) is 4.59. The van der Waals surface area contributed by atoms with Crippen LogP contribution in [0.25, 0.3) is 0 Å². The number of hydrogen-bond donors (Lipinski definition) is 2. The Morgan fingerprint density at radius 1 is 1.03 bits per heavy atom. The van der Waals surface area contributed by atoms with Gasteiger partial charge in [0.2, 0.25) is 0 Å². The highest BCUT2D eigenvalue weighted by molar-refractivity contribution is 5.98. The van der Waals surface area contributed by atoms with Gasteiger partial charge in [-0.25, -0.2) is 9.59 Å². The number of carbonyl (C=O) groups excluding carboxylic acids is 2. The quantitative estimate of drug-likeness (QED) is 0.407. The van der Waals surface area contributed by atoms with E-state index in [9.17, 15) is 19.2 Å². The van der Waals surface area contributed by atoms with Crippen molar-refractivity contribution in [3.8, 4) is 11.5 Å². The number of ether oxygens (including phenoxy) is 3. The topological polar surface area (TPSA) is 146 Å². The molecule has 0 aliphatic rings. The molecule has 0 fully saturated rings. The Morgan fingerprint density at radius 2 is 1.71 bits per heavy atom. The summed E-state index contributed by atoms with van der Waals surface area (Å²) in [5.74, 6) is -0.608. The summed E-state index contributed by atoms with van der Waals surface area (Å²) in [4.78, 5) is 53.8. The average Bonchev–Trinajstić information content (AvgIpc) is 2.83. The van der Waals surface area contributed by atoms with Crippen LogP contribution in [-0.2, 0) is 16.1 Å². The van der Waals surface area contributed by atoms with Gasteiger partial charge in [0.1, 0.15) is 5.82 Å². The average molecular weight is 491 g/mol. The number of nitrogens with zero attached hydrogens (tertiary/aromatic N) is 2. The molecule has 0 spiro atoms. The molecule has 1 amide bonds. The van der Waals surface area contributed by atoms with Crippen molar-refractivity contribution in [3.63, 3.8) is 0 Å². The number of nitrogen functional groups attached to an aromatic ring is 1. The molecule has 11 nitrogen and oxygen atoms in total. The number of esters is 1. The summed E-state index contributed by atoms with van der Waals surface area (Å²) in [5.41, 5.74) is 4.76. The highest BCUT2D eigenvalue weighted by Gasteiger charge is 2.25. The van der Waals surface area contributed by atoms with Gasteiger partial charge in [-0.1, -0.05) is 20.3 Å². The minimum Gasteiger partial charge on any atom is -0.490 e. The summed E-state index contributed by atoms with van der Waals surface area (Å²) in [5, 5.41) is 0. The van der Waals surface area contributed by atoms with Crippen molar-refractivity contribution in [2.45, 2.75) is 53.5 Å². The Bertz CT molecular complexity index is 1140. The maximum Gasteiger partial charge on any atom is 0.338 e. The number of amides is 1. The number of aromatic nitrogens is 2. The summed E-state index contributed by atoms with van der Waals surface area (Å²) in [6.07, 6.45) is 1.91. The predicted octanol–water partition coefficient (Wildman–Crippen LogP) is 2.32. The van der Waals surface area contributed by atoms with Crippen molar-refractivity contribution >= 4 is 23.4 Å². The van der Waals surface area contributed by atoms with Gasteiger partial charge in [0.05, 0.1) is 18.8 Å². The van der Waals surface area contributed by atoms with Crippen LogP contribution in [0.3, 0.4) is 0 Å². The van der Waals surface area contributed by atoms with E-state index in [2.05, 4.69) is 4.98 Å². The van der Waals surface area contributed by atoms with E-state index in [-0.39, 0.29) is 30.2 Å². The van der Waals surface area contributed by atoms with Crippen molar-refractivity contribution in [3.05, 3.63) is 44.6 Å². The number of rotatable bonds is 13. The number of anilines is 2. The Hall–Kier alpha value is -3.76.